The summed E-state index contributed by atoms with van der Waals surface area (Å²) >= 11 is 0. The highest BCUT2D eigenvalue weighted by atomic mass is 32.2. The molecule has 0 N–H and O–H groups in total. The second-order valence-corrected chi connectivity index (χ2v) is 11.1. The van der Waals surface area contributed by atoms with Crippen molar-refractivity contribution in [1.82, 2.24) is 18.7 Å². The number of rotatable bonds is 8. The van der Waals surface area contributed by atoms with Crippen molar-refractivity contribution in [2.75, 3.05) is 26.2 Å². The minimum Gasteiger partial charge on any atom is -0.465 e. The fourth-order valence-corrected chi connectivity index (χ4v) is 6.27. The standard InChI is InChI=1S/C27H29FN4O4S/c1-2-36-27(33)19-30-12-10-20(11-13-30)16-31-17-21(15-29-31)25-18-32(26-14-22(28)8-9-24(25)26)37(34,35)23-6-4-3-5-7-23/h3-9,14-15,17-18,20H,2,10-13,16,19H2,1H3. The van der Waals surface area contributed by atoms with Gasteiger partial charge in [0.1, 0.15) is 5.82 Å². The summed E-state index contributed by atoms with van der Waals surface area (Å²) in [6.45, 7) is 4.90. The minimum absolute atomic E-state index is 0.132. The van der Waals surface area contributed by atoms with Crippen molar-refractivity contribution < 1.29 is 22.3 Å². The first-order valence-electron chi connectivity index (χ1n) is 12.4. The zero-order valence-electron chi connectivity index (χ0n) is 20.6. The average molecular weight is 525 g/mol. The SMILES string of the molecule is CCOC(=O)CN1CCC(Cn2cc(-c3cn(S(=O)(=O)c4ccccc4)c4cc(F)ccc34)cn2)CC1. The topological polar surface area (TPSA) is 86.4 Å². The van der Waals surface area contributed by atoms with Gasteiger partial charge in [0.2, 0.25) is 0 Å². The summed E-state index contributed by atoms with van der Waals surface area (Å²) in [7, 11) is -3.92. The van der Waals surface area contributed by atoms with Crippen LogP contribution in [-0.2, 0) is 26.1 Å². The fraction of sp³-hybridized carbons (Fsp3) is 0.333. The molecule has 5 rings (SSSR count). The van der Waals surface area contributed by atoms with Gasteiger partial charge in [0.05, 0.1) is 29.8 Å². The summed E-state index contributed by atoms with van der Waals surface area (Å²) in [4.78, 5) is 14.0. The maximum Gasteiger partial charge on any atom is 0.320 e. The number of carbonyl (C=O) groups excluding carboxylic acids is 1. The van der Waals surface area contributed by atoms with Gasteiger partial charge in [-0.05, 0) is 69.1 Å². The summed E-state index contributed by atoms with van der Waals surface area (Å²) in [6, 6.07) is 12.3. The van der Waals surface area contributed by atoms with Gasteiger partial charge in [0.25, 0.3) is 10.0 Å². The fourth-order valence-electron chi connectivity index (χ4n) is 4.89. The van der Waals surface area contributed by atoms with Crippen LogP contribution in [0.1, 0.15) is 19.8 Å². The van der Waals surface area contributed by atoms with Crippen LogP contribution in [0.15, 0.2) is 72.0 Å². The third kappa shape index (κ3) is 5.30. The van der Waals surface area contributed by atoms with Crippen molar-refractivity contribution >= 4 is 26.9 Å². The van der Waals surface area contributed by atoms with E-state index in [9.17, 15) is 17.6 Å². The lowest BCUT2D eigenvalue weighted by Crippen LogP contribution is -2.38. The molecular weight excluding hydrogens is 495 g/mol. The van der Waals surface area contributed by atoms with E-state index in [1.807, 2.05) is 10.9 Å². The number of benzene rings is 2. The minimum atomic E-state index is -3.92. The number of hydrogen-bond acceptors (Lipinski definition) is 6. The molecule has 1 fully saturated rings. The van der Waals surface area contributed by atoms with Crippen LogP contribution >= 0.6 is 0 Å². The predicted molar refractivity (Wildman–Crippen MR) is 138 cm³/mol. The average Bonchev–Trinajstić information content (AvgIpc) is 3.50. The zero-order chi connectivity index (χ0) is 26.0. The number of hydrogen-bond donors (Lipinski definition) is 0. The number of likely N-dealkylation sites (tertiary alicyclic amines) is 1. The number of carbonyl (C=O) groups is 1. The molecule has 0 atom stereocenters. The second kappa shape index (κ2) is 10.5. The van der Waals surface area contributed by atoms with Crippen LogP contribution in [0.3, 0.4) is 0 Å². The molecule has 0 aliphatic carbocycles. The second-order valence-electron chi connectivity index (χ2n) is 9.29. The molecule has 3 heterocycles. The molecule has 194 valence electrons. The number of esters is 1. The Labute approximate surface area is 215 Å². The summed E-state index contributed by atoms with van der Waals surface area (Å²) in [5, 5.41) is 5.16. The maximum atomic E-state index is 14.2. The van der Waals surface area contributed by atoms with Crippen molar-refractivity contribution in [1.29, 1.82) is 0 Å². The lowest BCUT2D eigenvalue weighted by molar-refractivity contribution is -0.144. The van der Waals surface area contributed by atoms with Crippen molar-refractivity contribution in [2.45, 2.75) is 31.2 Å². The van der Waals surface area contributed by atoms with Gasteiger partial charge in [-0.15, -0.1) is 0 Å². The summed E-state index contributed by atoms with van der Waals surface area (Å²) in [5.41, 5.74) is 1.71. The molecule has 10 heteroatoms. The molecule has 37 heavy (non-hydrogen) atoms. The molecule has 0 spiro atoms. The van der Waals surface area contributed by atoms with Crippen LogP contribution in [0, 0.1) is 11.7 Å². The van der Waals surface area contributed by atoms with Gasteiger partial charge in [-0.3, -0.25) is 14.4 Å². The monoisotopic (exact) mass is 524 g/mol. The van der Waals surface area contributed by atoms with E-state index >= 15 is 0 Å². The number of fused-ring (bicyclic) bond motifs is 1. The van der Waals surface area contributed by atoms with E-state index in [4.69, 9.17) is 4.74 Å². The summed E-state index contributed by atoms with van der Waals surface area (Å²) in [6.07, 6.45) is 7.06. The van der Waals surface area contributed by atoms with E-state index in [1.54, 1.807) is 43.6 Å². The first-order chi connectivity index (χ1) is 17.8. The van der Waals surface area contributed by atoms with Gasteiger partial charge >= 0.3 is 5.97 Å². The Kier molecular flexibility index (Phi) is 7.12. The highest BCUT2D eigenvalue weighted by molar-refractivity contribution is 7.90. The number of piperidine rings is 1. The highest BCUT2D eigenvalue weighted by Gasteiger charge is 2.24. The van der Waals surface area contributed by atoms with Gasteiger partial charge in [-0.25, -0.2) is 16.8 Å². The molecule has 1 saturated heterocycles. The first-order valence-corrected chi connectivity index (χ1v) is 13.8. The van der Waals surface area contributed by atoms with Crippen LogP contribution in [0.2, 0.25) is 0 Å². The zero-order valence-corrected chi connectivity index (χ0v) is 21.4. The van der Waals surface area contributed by atoms with E-state index in [2.05, 4.69) is 10.00 Å². The van der Waals surface area contributed by atoms with Crippen LogP contribution in [0.5, 0.6) is 0 Å². The lowest BCUT2D eigenvalue weighted by atomic mass is 9.97. The van der Waals surface area contributed by atoms with Gasteiger partial charge < -0.3 is 4.74 Å². The van der Waals surface area contributed by atoms with Crippen molar-refractivity contribution in [3.8, 4) is 11.1 Å². The Morgan fingerprint density at radius 3 is 2.59 bits per heavy atom. The smallest absolute Gasteiger partial charge is 0.320 e. The number of ether oxygens (including phenoxy) is 1. The number of nitrogens with zero attached hydrogens (tertiary/aromatic N) is 4. The molecule has 0 amide bonds. The molecule has 2 aromatic carbocycles. The molecule has 8 nitrogen and oxygen atoms in total. The molecule has 0 saturated carbocycles. The van der Waals surface area contributed by atoms with E-state index in [1.165, 1.54) is 24.3 Å². The van der Waals surface area contributed by atoms with Gasteiger partial charge in [-0.2, -0.15) is 5.10 Å². The van der Waals surface area contributed by atoms with Crippen LogP contribution in [0.25, 0.3) is 22.0 Å². The van der Waals surface area contributed by atoms with Crippen LogP contribution in [-0.4, -0.2) is 59.3 Å². The first kappa shape index (κ1) is 25.2. The van der Waals surface area contributed by atoms with Crippen molar-refractivity contribution in [3.63, 3.8) is 0 Å². The Morgan fingerprint density at radius 1 is 1.11 bits per heavy atom. The summed E-state index contributed by atoms with van der Waals surface area (Å²) in [5.74, 6) is -0.280. The van der Waals surface area contributed by atoms with Crippen LogP contribution in [0.4, 0.5) is 4.39 Å². The molecule has 2 aromatic heterocycles. The van der Waals surface area contributed by atoms with Crippen LogP contribution < -0.4 is 0 Å². The third-order valence-corrected chi connectivity index (χ3v) is 8.48. The van der Waals surface area contributed by atoms with Gasteiger partial charge in [0, 0.05) is 35.5 Å². The van der Waals surface area contributed by atoms with Crippen molar-refractivity contribution in [2.24, 2.45) is 5.92 Å². The third-order valence-electron chi connectivity index (χ3n) is 6.79. The Morgan fingerprint density at radius 2 is 1.86 bits per heavy atom. The number of halogens is 1. The van der Waals surface area contributed by atoms with Gasteiger partial charge in [-0.1, -0.05) is 18.2 Å². The van der Waals surface area contributed by atoms with E-state index < -0.39 is 15.8 Å². The highest BCUT2D eigenvalue weighted by Crippen LogP contribution is 2.33. The van der Waals surface area contributed by atoms with E-state index in [-0.39, 0.29) is 16.4 Å². The number of aromatic nitrogens is 3. The normalized spacial score (nSPS) is 15.3. The molecule has 1 aliphatic heterocycles. The Balaban J connectivity index is 1.36. The molecular formula is C27H29FN4O4S. The maximum absolute atomic E-state index is 14.2. The van der Waals surface area contributed by atoms with E-state index in [0.717, 1.165) is 42.0 Å². The lowest BCUT2D eigenvalue weighted by Gasteiger charge is -2.31. The Bertz CT molecular complexity index is 1510. The molecule has 0 unspecified atom stereocenters. The largest absolute Gasteiger partial charge is 0.465 e. The quantitative estimate of drug-likeness (QED) is 0.322. The molecule has 0 radical (unpaired) electrons. The molecule has 1 aliphatic rings. The van der Waals surface area contributed by atoms with Crippen molar-refractivity contribution in [3.05, 3.63) is 72.9 Å². The summed E-state index contributed by atoms with van der Waals surface area (Å²) < 4.78 is 49.0. The molecule has 4 aromatic rings. The van der Waals surface area contributed by atoms with Gasteiger partial charge in [0.15, 0.2) is 0 Å². The Hall–Kier alpha value is -3.50. The van der Waals surface area contributed by atoms with E-state index in [0.29, 0.717) is 30.0 Å². The predicted octanol–water partition coefficient (Wildman–Crippen LogP) is 4.16. The molecule has 0 bridgehead atoms.